The van der Waals surface area contributed by atoms with E-state index in [4.69, 9.17) is 29.0 Å². The van der Waals surface area contributed by atoms with Crippen LogP contribution in [0.1, 0.15) is 113 Å². The van der Waals surface area contributed by atoms with Crippen LogP contribution in [-0.2, 0) is 22.3 Å². The van der Waals surface area contributed by atoms with Gasteiger partial charge < -0.3 is 29.0 Å². The van der Waals surface area contributed by atoms with E-state index in [1.165, 1.54) is 127 Å². The maximum Gasteiger partial charge on any atom is 0.488 e. The lowest BCUT2D eigenvalue weighted by atomic mass is 9.79. The van der Waals surface area contributed by atoms with Crippen LogP contribution in [0.25, 0.3) is 16.7 Å². The molecule has 2 N–H and O–H groups in total. The van der Waals surface area contributed by atoms with E-state index in [1.54, 1.807) is 38.5 Å². The van der Waals surface area contributed by atoms with Gasteiger partial charge in [-0.2, -0.15) is 0 Å². The summed E-state index contributed by atoms with van der Waals surface area (Å²) in [6, 6.07) is 26.9. The molecule has 0 radical (unpaired) electrons. The number of carbonyl (C=O) groups excluding carboxylic acids is 2. The van der Waals surface area contributed by atoms with Crippen LogP contribution in [0, 0.1) is 11.8 Å². The van der Waals surface area contributed by atoms with Crippen molar-refractivity contribution in [1.29, 1.82) is 0 Å². The van der Waals surface area contributed by atoms with Gasteiger partial charge in [-0.25, -0.2) is 9.59 Å². The van der Waals surface area contributed by atoms with Gasteiger partial charge in [-0.05, 0) is 142 Å². The van der Waals surface area contributed by atoms with Gasteiger partial charge in [-0.15, -0.1) is 0 Å². The maximum atomic E-state index is 12.0. The van der Waals surface area contributed by atoms with Crippen molar-refractivity contribution in [3.63, 3.8) is 0 Å². The standard InChI is InChI=1S/C24H26O3.C17H19BrO2.C7H9BO3/c1-26-20-11-8-16(9-12-20)22-15-19-14-18(24(25)27-2)10-13-21(19)23(22)17-6-4-3-5-7-17;1-20-17(19)12-7-8-14-13(9-12)10-15(18)16(14)11-5-3-2-4-6-11;1-11-7-4-2-6(3-5-7)8(9)10/h8-14,17H,3-7,15H2,1-2H3;7-9,11H,2-6,10H2,1H3;2-5,9-10H,1H3. The van der Waals surface area contributed by atoms with Crippen molar-refractivity contribution >= 4 is 57.2 Å². The van der Waals surface area contributed by atoms with Crippen molar-refractivity contribution in [2.75, 3.05) is 28.4 Å². The molecule has 8 rings (SSSR count). The second-order valence-electron chi connectivity index (χ2n) is 15.3. The number of ether oxygens (including phenoxy) is 4. The SMILES string of the molecule is COC(=O)c1ccc2c(c1)CC(Br)=C2C1CCCCC1.COC(=O)c1ccc2c(c1)CC(c1ccc(OC)cc1)=C2C1CCCCC1.COc1ccc(B(O)O)cc1. The summed E-state index contributed by atoms with van der Waals surface area (Å²) in [7, 11) is 4.72. The highest BCUT2D eigenvalue weighted by Gasteiger charge is 2.31. The van der Waals surface area contributed by atoms with E-state index in [-0.39, 0.29) is 11.9 Å². The maximum absolute atomic E-state index is 12.0. The van der Waals surface area contributed by atoms with Gasteiger partial charge in [0.05, 0.1) is 39.6 Å². The molecular weight excluding hydrogens is 795 g/mol. The lowest BCUT2D eigenvalue weighted by molar-refractivity contribution is 0.0591. The molecule has 0 aliphatic heterocycles. The Balaban J connectivity index is 0.000000160. The highest BCUT2D eigenvalue weighted by atomic mass is 79.9. The molecule has 0 spiro atoms. The molecule has 304 valence electrons. The Morgan fingerprint density at radius 3 is 1.50 bits per heavy atom. The number of halogens is 1. The van der Waals surface area contributed by atoms with Crippen LogP contribution >= 0.6 is 15.9 Å². The van der Waals surface area contributed by atoms with Gasteiger partial charge >= 0.3 is 19.1 Å². The molecular formula is C48H54BBrO8. The van der Waals surface area contributed by atoms with Crippen LogP contribution in [0.4, 0.5) is 0 Å². The summed E-state index contributed by atoms with van der Waals surface area (Å²) in [4.78, 5) is 23.6. The van der Waals surface area contributed by atoms with Gasteiger partial charge in [0.15, 0.2) is 0 Å². The lowest BCUT2D eigenvalue weighted by Crippen LogP contribution is -2.29. The summed E-state index contributed by atoms with van der Waals surface area (Å²) in [5.41, 5.74) is 12.5. The smallest absolute Gasteiger partial charge is 0.488 e. The minimum Gasteiger partial charge on any atom is -0.497 e. The van der Waals surface area contributed by atoms with Crippen LogP contribution in [0.2, 0.25) is 0 Å². The average Bonchev–Trinajstić information content (AvgIpc) is 3.83. The molecule has 0 heterocycles. The number of methoxy groups -OCH3 is 4. The molecule has 58 heavy (non-hydrogen) atoms. The fourth-order valence-corrected chi connectivity index (χ4v) is 9.71. The summed E-state index contributed by atoms with van der Waals surface area (Å²) in [5.74, 6) is 2.35. The van der Waals surface area contributed by atoms with Gasteiger partial charge in [-0.3, -0.25) is 0 Å². The zero-order valence-electron chi connectivity index (χ0n) is 34.0. The summed E-state index contributed by atoms with van der Waals surface area (Å²) < 4.78 is 21.2. The molecule has 0 unspecified atom stereocenters. The quantitative estimate of drug-likeness (QED) is 0.133. The highest BCUT2D eigenvalue weighted by molar-refractivity contribution is 9.11. The first-order valence-electron chi connectivity index (χ1n) is 20.3. The first-order valence-corrected chi connectivity index (χ1v) is 21.1. The van der Waals surface area contributed by atoms with E-state index >= 15 is 0 Å². The Labute approximate surface area is 351 Å². The lowest BCUT2D eigenvalue weighted by Gasteiger charge is -2.25. The fourth-order valence-electron chi connectivity index (χ4n) is 8.87. The Kier molecular flexibility index (Phi) is 15.1. The third-order valence-electron chi connectivity index (χ3n) is 11.8. The normalized spacial score (nSPS) is 16.3. The van der Waals surface area contributed by atoms with E-state index in [9.17, 15) is 9.59 Å². The fraction of sp³-hybridized carbons (Fsp3) is 0.375. The number of allylic oxidation sites excluding steroid dienone is 4. The van der Waals surface area contributed by atoms with Gasteiger partial charge in [0, 0.05) is 10.9 Å². The number of esters is 2. The zero-order valence-corrected chi connectivity index (χ0v) is 35.6. The minimum absolute atomic E-state index is 0.255. The van der Waals surface area contributed by atoms with Crippen molar-refractivity contribution in [2.24, 2.45) is 11.8 Å². The van der Waals surface area contributed by atoms with E-state index in [1.807, 2.05) is 36.4 Å². The predicted molar refractivity (Wildman–Crippen MR) is 235 cm³/mol. The Morgan fingerprint density at radius 1 is 0.586 bits per heavy atom. The molecule has 4 aromatic rings. The molecule has 0 saturated heterocycles. The van der Waals surface area contributed by atoms with Crippen molar-refractivity contribution in [2.45, 2.75) is 77.0 Å². The summed E-state index contributed by atoms with van der Waals surface area (Å²) >= 11 is 3.76. The van der Waals surface area contributed by atoms with Crippen molar-refractivity contribution in [3.05, 3.63) is 128 Å². The number of benzene rings is 4. The molecule has 0 atom stereocenters. The number of rotatable bonds is 8. The van der Waals surface area contributed by atoms with Crippen molar-refractivity contribution in [1.82, 2.24) is 0 Å². The van der Waals surface area contributed by atoms with E-state index in [2.05, 4.69) is 40.2 Å². The molecule has 4 aliphatic rings. The van der Waals surface area contributed by atoms with Crippen LogP contribution < -0.4 is 14.9 Å². The summed E-state index contributed by atoms with van der Waals surface area (Å²) in [6.07, 6.45) is 14.9. The molecule has 2 saturated carbocycles. The van der Waals surface area contributed by atoms with Crippen LogP contribution in [-0.4, -0.2) is 57.5 Å². The predicted octanol–water partition coefficient (Wildman–Crippen LogP) is 9.62. The molecule has 4 aromatic carbocycles. The Morgan fingerprint density at radius 2 is 1.03 bits per heavy atom. The van der Waals surface area contributed by atoms with Crippen molar-refractivity contribution in [3.8, 4) is 11.5 Å². The molecule has 0 aromatic heterocycles. The molecule has 10 heteroatoms. The summed E-state index contributed by atoms with van der Waals surface area (Å²) in [5, 5.41) is 17.4. The van der Waals surface area contributed by atoms with Crippen LogP contribution in [0.5, 0.6) is 11.5 Å². The van der Waals surface area contributed by atoms with Crippen molar-refractivity contribution < 1.29 is 38.6 Å². The minimum atomic E-state index is -1.40. The number of hydrogen-bond donors (Lipinski definition) is 2. The molecule has 0 bridgehead atoms. The zero-order chi connectivity index (χ0) is 41.2. The third kappa shape index (κ3) is 10.1. The monoisotopic (exact) mass is 848 g/mol. The second-order valence-corrected chi connectivity index (χ2v) is 16.3. The number of fused-ring (bicyclic) bond motifs is 2. The largest absolute Gasteiger partial charge is 0.497 e. The van der Waals surface area contributed by atoms with E-state index in [0.717, 1.165) is 18.6 Å². The first kappa shape index (κ1) is 43.0. The van der Waals surface area contributed by atoms with Gasteiger partial charge in [0.2, 0.25) is 0 Å². The third-order valence-corrected chi connectivity index (χ3v) is 12.6. The van der Waals surface area contributed by atoms with Crippen LogP contribution in [0.3, 0.4) is 0 Å². The topological polar surface area (TPSA) is 112 Å². The molecule has 0 amide bonds. The Hall–Kier alpha value is -4.64. The van der Waals surface area contributed by atoms with E-state index in [0.29, 0.717) is 34.2 Å². The van der Waals surface area contributed by atoms with Crippen LogP contribution in [0.15, 0.2) is 89.4 Å². The van der Waals surface area contributed by atoms with Gasteiger partial charge in [0.1, 0.15) is 11.5 Å². The average molecular weight is 850 g/mol. The second kappa shape index (κ2) is 20.4. The first-order chi connectivity index (χ1) is 28.1. The Bertz CT molecular complexity index is 2110. The highest BCUT2D eigenvalue weighted by Crippen LogP contribution is 2.48. The number of hydrogen-bond acceptors (Lipinski definition) is 8. The van der Waals surface area contributed by atoms with Gasteiger partial charge in [0.25, 0.3) is 0 Å². The van der Waals surface area contributed by atoms with E-state index < -0.39 is 7.12 Å². The number of carbonyl (C=O) groups is 2. The molecule has 2 fully saturated rings. The molecule has 8 nitrogen and oxygen atoms in total. The summed E-state index contributed by atoms with van der Waals surface area (Å²) in [6.45, 7) is 0. The van der Waals surface area contributed by atoms with Gasteiger partial charge in [-0.1, -0.05) is 90.9 Å². The molecule has 4 aliphatic carbocycles.